The average Bonchev–Trinajstić information content (AvgIpc) is 1.53. The monoisotopic (exact) mass is 1700 g/mol. The van der Waals surface area contributed by atoms with E-state index < -0.39 is 11.8 Å². The normalized spacial score (nSPS) is 21.5. The fraction of sp³-hybridized carbons (Fsp3) is 0.259. The number of fused-ring (bicyclic) bond motifs is 12. The molecule has 0 bridgehead atoms. The Morgan fingerprint density at radius 3 is 1.48 bits per heavy atom. The molecular weight excluding hydrogens is 1630 g/mol. The van der Waals surface area contributed by atoms with Crippen molar-refractivity contribution in [2.24, 2.45) is 23.7 Å². The van der Waals surface area contributed by atoms with Crippen LogP contribution in [0.2, 0.25) is 15.1 Å². The van der Waals surface area contributed by atoms with Crippen LogP contribution < -0.4 is 42.1 Å². The number of H-pyrrole nitrogens is 3. The van der Waals surface area contributed by atoms with E-state index in [2.05, 4.69) is 93.5 Å². The lowest BCUT2D eigenvalue weighted by Crippen LogP contribution is -2.31. The Morgan fingerprint density at radius 2 is 0.975 bits per heavy atom. The summed E-state index contributed by atoms with van der Waals surface area (Å²) >= 11 is 20.6. The van der Waals surface area contributed by atoms with Crippen molar-refractivity contribution in [2.45, 2.75) is 85.4 Å². The molecule has 29 nitrogen and oxygen atoms in total. The molecule has 6 N–H and O–H groups in total. The lowest BCUT2D eigenvalue weighted by Gasteiger charge is -2.27. The highest BCUT2D eigenvalue weighted by Gasteiger charge is 2.57. The van der Waals surface area contributed by atoms with Gasteiger partial charge in [0.15, 0.2) is 11.6 Å². The van der Waals surface area contributed by atoms with Crippen molar-refractivity contribution in [2.75, 3.05) is 47.9 Å². The molecule has 0 radical (unpaired) electrons. The van der Waals surface area contributed by atoms with Crippen LogP contribution in [0.4, 0.5) is 30.2 Å². The van der Waals surface area contributed by atoms with Crippen LogP contribution in [0.5, 0.6) is 11.5 Å². The van der Waals surface area contributed by atoms with Gasteiger partial charge in [-0.05, 0) is 207 Å². The van der Waals surface area contributed by atoms with Crippen molar-refractivity contribution in [1.82, 2.24) is 104 Å². The van der Waals surface area contributed by atoms with Gasteiger partial charge in [0, 0.05) is 120 Å². The minimum absolute atomic E-state index is 0.115. The van der Waals surface area contributed by atoms with Gasteiger partial charge in [0.25, 0.3) is 16.7 Å². The molecule has 36 heteroatoms. The minimum atomic E-state index is -0.520. The molecule has 0 saturated heterocycles. The number of nitrogens with zero attached hydrogens (tertiary/aromatic N) is 18. The number of ether oxygens (including phenoxy) is 2. The molecule has 121 heavy (non-hydrogen) atoms. The zero-order valence-electron chi connectivity index (χ0n) is 63.5. The van der Waals surface area contributed by atoms with Crippen LogP contribution in [-0.2, 0) is 0 Å². The number of hydrogen-bond acceptors (Lipinski definition) is 21. The second-order valence-corrected chi connectivity index (χ2v) is 34.5. The van der Waals surface area contributed by atoms with E-state index in [9.17, 15) is 14.4 Å². The van der Waals surface area contributed by atoms with Crippen molar-refractivity contribution in [1.29, 1.82) is 0 Å². The van der Waals surface area contributed by atoms with Gasteiger partial charge in [0.05, 0.1) is 87.5 Å². The Bertz CT molecular complexity index is 6660. The lowest BCUT2D eigenvalue weighted by molar-refractivity contribution is 0.188. The number of thioether (sulfide) groups is 1. The Kier molecular flexibility index (Phi) is 17.3. The maximum Gasteiger partial charge on any atom is 0.252 e. The molecular formula is C85H66Cl3F3N24O5S. The molecule has 0 amide bonds. The summed E-state index contributed by atoms with van der Waals surface area (Å²) in [5.41, 5.74) is 14.3. The summed E-state index contributed by atoms with van der Waals surface area (Å²) < 4.78 is 68.0. The zero-order valence-corrected chi connectivity index (χ0v) is 66.6. The number of hydrogen-bond donors (Lipinski definition) is 6. The Hall–Kier alpha value is -13.0. The first-order valence-corrected chi connectivity index (χ1v) is 41.9. The van der Waals surface area contributed by atoms with Gasteiger partial charge in [-0.2, -0.15) is 18.4 Å². The Labute approximate surface area is 702 Å². The first-order chi connectivity index (χ1) is 59.1. The summed E-state index contributed by atoms with van der Waals surface area (Å²) in [6, 6.07) is 39.1. The number of aromatic amines is 3. The summed E-state index contributed by atoms with van der Waals surface area (Å²) in [5, 5.41) is 45.9. The van der Waals surface area contributed by atoms with Gasteiger partial charge in [0.2, 0.25) is 5.95 Å². The number of halogens is 6. The maximum atomic E-state index is 15.5. The van der Waals surface area contributed by atoms with Gasteiger partial charge in [-0.3, -0.25) is 14.4 Å². The fourth-order valence-corrected chi connectivity index (χ4v) is 20.3. The number of nitrogens with one attached hydrogen (secondary N) is 6. The molecule has 10 atom stereocenters. The SMILES string of the molecule is O=c1cc(-c2cc(Cl)ccc2-n2cnnn2)cc2n1C(c1nc(-c3ccc4c(c3)OC(CC3CC3)CN4)c(F)[nH]1)C1CC21.O=c1cc(-c2cc(Cl)ccc2-n2cnnn2)cc2n1C(c1ncc(-c3ccc4c(c3F)OCCN4)[nH]1)C1CC21.O=c1cc(-c2cc(Cl)ccc2-n2cnnn2)cc2n1C(c1ncc(-c3ccc4c(c3F)SCCN4)[nH]1)C1CC21. The number of aromatic nitrogens is 21. The van der Waals surface area contributed by atoms with Crippen LogP contribution in [0.25, 0.3) is 84.2 Å². The molecule has 6 aromatic carbocycles. The fourth-order valence-electron chi connectivity index (χ4n) is 18.8. The number of imidazole rings is 3. The third-order valence-corrected chi connectivity index (χ3v) is 26.6. The average molecular weight is 1700 g/mol. The van der Waals surface area contributed by atoms with Gasteiger partial charge < -0.3 is 54.1 Å². The highest BCUT2D eigenvalue weighted by molar-refractivity contribution is 7.99. The largest absolute Gasteiger partial charge is 0.486 e. The van der Waals surface area contributed by atoms with Gasteiger partial charge in [-0.15, -0.1) is 27.1 Å². The Morgan fingerprint density at radius 1 is 0.488 bits per heavy atom. The van der Waals surface area contributed by atoms with E-state index in [1.807, 2.05) is 75.9 Å². The van der Waals surface area contributed by atoms with Crippen molar-refractivity contribution in [3.05, 3.63) is 263 Å². The summed E-state index contributed by atoms with van der Waals surface area (Å²) in [6.07, 6.45) is 14.3. The second kappa shape index (κ2) is 28.6. The molecule has 6 aliphatic heterocycles. The van der Waals surface area contributed by atoms with Crippen molar-refractivity contribution in [3.63, 3.8) is 0 Å². The van der Waals surface area contributed by atoms with Gasteiger partial charge in [-0.25, -0.2) is 23.7 Å². The van der Waals surface area contributed by atoms with Crippen molar-refractivity contribution in [3.8, 4) is 95.7 Å². The highest BCUT2D eigenvalue weighted by Crippen LogP contribution is 2.63. The predicted molar refractivity (Wildman–Crippen MR) is 444 cm³/mol. The van der Waals surface area contributed by atoms with E-state index in [0.717, 1.165) is 129 Å². The molecule has 0 spiro atoms. The summed E-state index contributed by atoms with van der Waals surface area (Å²) in [4.78, 5) is 65.0. The molecule has 15 aromatic rings. The molecule has 15 heterocycles. The topological polar surface area (TPSA) is 337 Å². The van der Waals surface area contributed by atoms with Crippen LogP contribution >= 0.6 is 46.6 Å². The summed E-state index contributed by atoms with van der Waals surface area (Å²) in [6.45, 7) is 2.64. The first kappa shape index (κ1) is 73.2. The van der Waals surface area contributed by atoms with Crippen LogP contribution in [0, 0.1) is 41.3 Å². The molecule has 4 fully saturated rings. The molecule has 604 valence electrons. The quantitative estimate of drug-likeness (QED) is 0.0589. The van der Waals surface area contributed by atoms with Gasteiger partial charge in [0.1, 0.15) is 66.4 Å². The van der Waals surface area contributed by atoms with E-state index in [1.165, 1.54) is 43.6 Å². The molecule has 25 rings (SSSR count). The number of tetrazole rings is 3. The first-order valence-electron chi connectivity index (χ1n) is 39.8. The summed E-state index contributed by atoms with van der Waals surface area (Å²) in [7, 11) is 0. The summed E-state index contributed by atoms with van der Waals surface area (Å²) in [5.74, 6) is 4.43. The van der Waals surface area contributed by atoms with Crippen molar-refractivity contribution < 1.29 is 22.6 Å². The van der Waals surface area contributed by atoms with E-state index in [0.29, 0.717) is 90.0 Å². The number of anilines is 3. The van der Waals surface area contributed by atoms with Crippen LogP contribution in [0.15, 0.2) is 184 Å². The number of benzene rings is 6. The molecule has 4 aliphatic carbocycles. The highest BCUT2D eigenvalue weighted by atomic mass is 35.5. The lowest BCUT2D eigenvalue weighted by atomic mass is 10.0. The Balaban J connectivity index is 0.000000106. The molecule has 10 aliphatic rings. The number of pyridine rings is 3. The molecule has 10 unspecified atom stereocenters. The zero-order chi connectivity index (χ0) is 81.3. The standard InChI is InChI=1S/C31H26ClFN8O2.C27H20ClFN8O2.C27H20ClFN8OS/c32-18-4-6-24(40-14-35-38-39-40)20(11-18)17-8-25-21-12-22(21)29(41(25)27(42)10-17)31-36-28(30(33)37-31)16-3-5-23-26(9-16)43-19(13-34-23)7-15-1-2-15;2*28-14-1-4-21(36-12-32-34-35-36)16(9-14)13-7-22-17-10-18(17)25(37(22)23(38)8-13)27-31-11-20(33-27)15-2-3-19-26(24(15)29)39-6-5-30-19/h3-6,8-11,14-15,19,21-22,29,34H,1-2,7,12-13H2,(H,36,37);2*1-4,7-9,11-12,17-18,25,30H,5-6,10H2,(H,31,33). The van der Waals surface area contributed by atoms with E-state index in [4.69, 9.17) is 49.3 Å². The van der Waals surface area contributed by atoms with Gasteiger partial charge in [-0.1, -0.05) is 53.7 Å². The van der Waals surface area contributed by atoms with Crippen molar-refractivity contribution >= 4 is 63.6 Å². The number of rotatable bonds is 14. The van der Waals surface area contributed by atoms with Crippen LogP contribution in [0.3, 0.4) is 0 Å². The third kappa shape index (κ3) is 12.8. The third-order valence-electron chi connectivity index (χ3n) is 24.8. The van der Waals surface area contributed by atoms with E-state index >= 15 is 13.2 Å². The van der Waals surface area contributed by atoms with Crippen LogP contribution in [-0.4, -0.2) is 142 Å². The minimum Gasteiger partial charge on any atom is -0.486 e. The smallest absolute Gasteiger partial charge is 0.252 e. The van der Waals surface area contributed by atoms with E-state index in [-0.39, 0.29) is 93.7 Å². The maximum absolute atomic E-state index is 15.5. The second-order valence-electron chi connectivity index (χ2n) is 32.0. The van der Waals surface area contributed by atoms with Crippen LogP contribution in [0.1, 0.15) is 109 Å². The molecule has 4 saturated carbocycles. The van der Waals surface area contributed by atoms with E-state index in [1.54, 1.807) is 91.7 Å². The van der Waals surface area contributed by atoms with Gasteiger partial charge >= 0.3 is 0 Å². The predicted octanol–water partition coefficient (Wildman–Crippen LogP) is 14.4. The molecule has 9 aromatic heterocycles.